The number of rotatable bonds is 4. The maximum atomic E-state index is 10.4. The first-order valence-electron chi connectivity index (χ1n) is 7.12. The van der Waals surface area contributed by atoms with Gasteiger partial charge < -0.3 is 20.7 Å². The van der Waals surface area contributed by atoms with Gasteiger partial charge in [-0.2, -0.15) is 0 Å². The summed E-state index contributed by atoms with van der Waals surface area (Å²) < 4.78 is 8.31. The topological polar surface area (TPSA) is 132 Å². The van der Waals surface area contributed by atoms with Crippen LogP contribution in [0.2, 0.25) is 0 Å². The highest BCUT2D eigenvalue weighted by Gasteiger charge is 2.44. The molecule has 0 bridgehead atoms. The van der Waals surface area contributed by atoms with E-state index in [4.69, 9.17) is 10.5 Å². The van der Waals surface area contributed by atoms with Gasteiger partial charge in [-0.15, -0.1) is 11.3 Å². The molecule has 1 aliphatic heterocycles. The third kappa shape index (κ3) is 2.63. The predicted molar refractivity (Wildman–Crippen MR) is 88.5 cm³/mol. The van der Waals surface area contributed by atoms with E-state index in [9.17, 15) is 10.2 Å². The zero-order valence-electron chi connectivity index (χ0n) is 12.3. The molecule has 1 aliphatic rings. The molecule has 0 aliphatic carbocycles. The predicted octanol–water partition coefficient (Wildman–Crippen LogP) is 0.276. The molecule has 0 amide bonds. The Morgan fingerprint density at radius 1 is 1.25 bits per heavy atom. The first-order chi connectivity index (χ1) is 11.6. The van der Waals surface area contributed by atoms with Crippen molar-refractivity contribution in [2.75, 3.05) is 11.5 Å². The molecule has 9 nitrogen and oxygen atoms in total. The van der Waals surface area contributed by atoms with Crippen LogP contribution in [0, 0.1) is 0 Å². The van der Waals surface area contributed by atoms with E-state index in [2.05, 4.69) is 19.9 Å². The van der Waals surface area contributed by atoms with E-state index in [1.807, 2.05) is 5.38 Å². The lowest BCUT2D eigenvalue weighted by Crippen LogP contribution is -2.32. The number of hydrogen-bond acceptors (Lipinski definition) is 10. The average Bonchev–Trinajstić information content (AvgIpc) is 3.28. The molecule has 3 aromatic rings. The zero-order valence-corrected chi connectivity index (χ0v) is 13.9. The van der Waals surface area contributed by atoms with Crippen LogP contribution in [-0.4, -0.2) is 58.8 Å². The van der Waals surface area contributed by atoms with E-state index >= 15 is 0 Å². The zero-order chi connectivity index (χ0) is 16.7. The second kappa shape index (κ2) is 6.26. The van der Waals surface area contributed by atoms with Gasteiger partial charge in [-0.25, -0.2) is 19.9 Å². The van der Waals surface area contributed by atoms with E-state index < -0.39 is 24.5 Å². The summed E-state index contributed by atoms with van der Waals surface area (Å²) in [5.41, 5.74) is 6.66. The van der Waals surface area contributed by atoms with Crippen molar-refractivity contribution in [1.82, 2.24) is 24.5 Å². The number of ether oxygens (including phenoxy) is 1. The second-order valence-electron chi connectivity index (χ2n) is 5.24. The summed E-state index contributed by atoms with van der Waals surface area (Å²) in [6, 6.07) is 0. The highest BCUT2D eigenvalue weighted by atomic mass is 32.2. The maximum Gasteiger partial charge on any atom is 0.167 e. The number of nitrogens with zero attached hydrogens (tertiary/aromatic N) is 5. The summed E-state index contributed by atoms with van der Waals surface area (Å²) in [5, 5.41) is 22.5. The summed E-state index contributed by atoms with van der Waals surface area (Å²) in [5.74, 6) is 0.731. The fourth-order valence-electron chi connectivity index (χ4n) is 2.59. The third-order valence-electron chi connectivity index (χ3n) is 3.78. The van der Waals surface area contributed by atoms with E-state index in [-0.39, 0.29) is 5.82 Å². The third-order valence-corrected chi connectivity index (χ3v) is 5.83. The fraction of sp³-hybridized carbons (Fsp3) is 0.385. The molecule has 0 unspecified atom stereocenters. The molecular weight excluding hydrogens is 352 g/mol. The Kier molecular flexibility index (Phi) is 4.10. The number of anilines is 1. The van der Waals surface area contributed by atoms with Gasteiger partial charge >= 0.3 is 0 Å². The van der Waals surface area contributed by atoms with Crippen molar-refractivity contribution in [2.24, 2.45) is 0 Å². The number of aromatic nitrogens is 5. The van der Waals surface area contributed by atoms with Gasteiger partial charge in [-0.05, 0) is 0 Å². The van der Waals surface area contributed by atoms with Gasteiger partial charge in [-0.1, -0.05) is 11.8 Å². The monoisotopic (exact) mass is 366 g/mol. The summed E-state index contributed by atoms with van der Waals surface area (Å²) >= 11 is 2.99. The molecule has 3 aromatic heterocycles. The van der Waals surface area contributed by atoms with Crippen molar-refractivity contribution in [2.45, 2.75) is 28.9 Å². The molecule has 1 saturated heterocycles. The molecule has 4 atom stereocenters. The number of nitrogen functional groups attached to an aromatic ring is 1. The van der Waals surface area contributed by atoms with E-state index in [0.29, 0.717) is 16.9 Å². The van der Waals surface area contributed by atoms with Crippen molar-refractivity contribution in [3.63, 3.8) is 0 Å². The normalized spacial score (nSPS) is 27.1. The first kappa shape index (κ1) is 15.7. The standard InChI is InChI=1S/C13H14N6O3S2/c14-10-7-11(17-4-16-10)19(5-18-7)12-9(21)8(20)6(22-12)3-24-13-15-1-2-23-13/h1-2,4-6,8-9,12,20-21H,3H2,(H2,14,16,17)/t6-,8-,9-,12-/m1/s1. The van der Waals surface area contributed by atoms with Gasteiger partial charge in [-0.3, -0.25) is 4.57 Å². The van der Waals surface area contributed by atoms with Crippen molar-refractivity contribution in [3.05, 3.63) is 24.2 Å². The second-order valence-corrected chi connectivity index (χ2v) is 7.40. The Balaban J connectivity index is 1.56. The van der Waals surface area contributed by atoms with Crippen LogP contribution in [0.5, 0.6) is 0 Å². The summed E-state index contributed by atoms with van der Waals surface area (Å²) in [7, 11) is 0. The molecule has 11 heteroatoms. The van der Waals surface area contributed by atoms with Gasteiger partial charge in [0.05, 0.1) is 12.4 Å². The molecule has 4 heterocycles. The van der Waals surface area contributed by atoms with Gasteiger partial charge in [0.25, 0.3) is 0 Å². The van der Waals surface area contributed by atoms with E-state index in [1.54, 1.807) is 10.8 Å². The summed E-state index contributed by atoms with van der Waals surface area (Å²) in [6.45, 7) is 0. The lowest BCUT2D eigenvalue weighted by molar-refractivity contribution is -0.0289. The Bertz CT molecular complexity index is 841. The number of imidazole rings is 1. The molecule has 0 radical (unpaired) electrons. The minimum absolute atomic E-state index is 0.252. The fourth-order valence-corrected chi connectivity index (χ4v) is 4.31. The number of thiazole rings is 1. The number of nitrogens with two attached hydrogens (primary N) is 1. The van der Waals surface area contributed by atoms with Crippen LogP contribution in [0.1, 0.15) is 6.23 Å². The van der Waals surface area contributed by atoms with Crippen molar-refractivity contribution >= 4 is 40.1 Å². The van der Waals surface area contributed by atoms with Gasteiger partial charge in [0.2, 0.25) is 0 Å². The smallest absolute Gasteiger partial charge is 0.167 e. The number of fused-ring (bicyclic) bond motifs is 1. The highest BCUT2D eigenvalue weighted by molar-refractivity contribution is 8.01. The first-order valence-corrected chi connectivity index (χ1v) is 8.98. The maximum absolute atomic E-state index is 10.4. The summed E-state index contributed by atoms with van der Waals surface area (Å²) in [4.78, 5) is 16.4. The Labute approximate surface area is 144 Å². The SMILES string of the molecule is Nc1ncnc2c1ncn2[C@@H]1O[C@H](CSc2nccs2)[C@@H](O)[C@H]1O. The van der Waals surface area contributed by atoms with Crippen LogP contribution in [0.4, 0.5) is 5.82 Å². The van der Waals surface area contributed by atoms with Crippen molar-refractivity contribution in [3.8, 4) is 0 Å². The van der Waals surface area contributed by atoms with Crippen LogP contribution in [-0.2, 0) is 4.74 Å². The van der Waals surface area contributed by atoms with Gasteiger partial charge in [0, 0.05) is 17.3 Å². The van der Waals surface area contributed by atoms with Gasteiger partial charge in [0.15, 0.2) is 17.7 Å². The molecule has 4 N–H and O–H groups in total. The quantitative estimate of drug-likeness (QED) is 0.557. The Morgan fingerprint density at radius 2 is 2.12 bits per heavy atom. The van der Waals surface area contributed by atoms with Crippen molar-refractivity contribution in [1.29, 1.82) is 0 Å². The number of aliphatic hydroxyl groups excluding tert-OH is 2. The van der Waals surface area contributed by atoms with Crippen LogP contribution < -0.4 is 5.73 Å². The number of hydrogen-bond donors (Lipinski definition) is 3. The van der Waals surface area contributed by atoms with E-state index in [1.165, 1.54) is 35.8 Å². The van der Waals surface area contributed by atoms with E-state index in [0.717, 1.165) is 4.34 Å². The minimum atomic E-state index is -1.10. The Morgan fingerprint density at radius 3 is 2.92 bits per heavy atom. The number of aliphatic hydroxyl groups is 2. The molecule has 24 heavy (non-hydrogen) atoms. The molecule has 126 valence electrons. The lowest BCUT2D eigenvalue weighted by Gasteiger charge is -2.16. The molecular formula is C13H14N6O3S2. The largest absolute Gasteiger partial charge is 0.387 e. The minimum Gasteiger partial charge on any atom is -0.387 e. The average molecular weight is 366 g/mol. The number of thioether (sulfide) groups is 1. The molecule has 1 fully saturated rings. The van der Waals surface area contributed by atoms with Crippen LogP contribution in [0.15, 0.2) is 28.6 Å². The summed E-state index contributed by atoms with van der Waals surface area (Å²) in [6.07, 6.45) is 1.09. The van der Waals surface area contributed by atoms with Crippen molar-refractivity contribution < 1.29 is 14.9 Å². The Hall–Kier alpha value is -1.79. The van der Waals surface area contributed by atoms with Gasteiger partial charge in [0.1, 0.15) is 28.4 Å². The molecule has 4 rings (SSSR count). The van der Waals surface area contributed by atoms with Crippen LogP contribution in [0.25, 0.3) is 11.2 Å². The lowest BCUT2D eigenvalue weighted by atomic mass is 10.1. The van der Waals surface area contributed by atoms with Crippen LogP contribution >= 0.6 is 23.1 Å². The highest BCUT2D eigenvalue weighted by Crippen LogP contribution is 2.34. The molecule has 0 aromatic carbocycles. The molecule has 0 saturated carbocycles. The molecule has 0 spiro atoms. The van der Waals surface area contributed by atoms with Crippen LogP contribution in [0.3, 0.4) is 0 Å².